The van der Waals surface area contributed by atoms with E-state index in [1.807, 2.05) is 25.1 Å². The molecule has 6 heteroatoms. The number of aromatic nitrogens is 1. The number of phenolic OH excluding ortho intramolecular Hbond substituents is 1. The first-order valence-electron chi connectivity index (χ1n) is 6.62. The number of thiazole rings is 1. The molecule has 3 rings (SSSR count). The van der Waals surface area contributed by atoms with Gasteiger partial charge in [-0.3, -0.25) is 10.1 Å². The molecule has 1 heterocycles. The van der Waals surface area contributed by atoms with Crippen LogP contribution in [-0.4, -0.2) is 23.1 Å². The van der Waals surface area contributed by atoms with Crippen molar-refractivity contribution in [2.24, 2.45) is 0 Å². The maximum atomic E-state index is 12.2. The molecule has 0 bridgehead atoms. The Hall–Kier alpha value is -2.60. The van der Waals surface area contributed by atoms with Gasteiger partial charge in [-0.15, -0.1) is 0 Å². The monoisotopic (exact) mass is 314 g/mol. The van der Waals surface area contributed by atoms with E-state index in [2.05, 4.69) is 10.3 Å². The molecule has 1 aromatic heterocycles. The number of anilines is 1. The van der Waals surface area contributed by atoms with Gasteiger partial charge < -0.3 is 9.84 Å². The van der Waals surface area contributed by atoms with Gasteiger partial charge in [0, 0.05) is 0 Å². The van der Waals surface area contributed by atoms with Crippen molar-refractivity contribution in [3.8, 4) is 11.5 Å². The van der Waals surface area contributed by atoms with Crippen molar-refractivity contribution in [1.82, 2.24) is 4.98 Å². The van der Waals surface area contributed by atoms with Gasteiger partial charge in [0.2, 0.25) is 0 Å². The summed E-state index contributed by atoms with van der Waals surface area (Å²) in [6.07, 6.45) is 0. The van der Waals surface area contributed by atoms with E-state index < -0.39 is 0 Å². The SMILES string of the molecule is COc1ccc2nc(NC(=O)c3ccc(C)cc3O)sc2c1. The summed E-state index contributed by atoms with van der Waals surface area (Å²) in [5, 5.41) is 13.0. The number of methoxy groups -OCH3 is 1. The largest absolute Gasteiger partial charge is 0.507 e. The van der Waals surface area contributed by atoms with Gasteiger partial charge in [0.05, 0.1) is 22.9 Å². The first-order chi connectivity index (χ1) is 10.6. The number of phenols is 1. The number of nitrogens with one attached hydrogen (secondary N) is 1. The zero-order chi connectivity index (χ0) is 15.7. The van der Waals surface area contributed by atoms with Crippen molar-refractivity contribution < 1.29 is 14.6 Å². The highest BCUT2D eigenvalue weighted by Crippen LogP contribution is 2.30. The summed E-state index contributed by atoms with van der Waals surface area (Å²) in [4.78, 5) is 16.6. The van der Waals surface area contributed by atoms with Crippen LogP contribution in [0.25, 0.3) is 10.2 Å². The summed E-state index contributed by atoms with van der Waals surface area (Å²) in [7, 11) is 1.60. The highest BCUT2D eigenvalue weighted by atomic mass is 32.1. The van der Waals surface area contributed by atoms with Gasteiger partial charge in [0.15, 0.2) is 5.13 Å². The number of rotatable bonds is 3. The van der Waals surface area contributed by atoms with Crippen LogP contribution in [0.3, 0.4) is 0 Å². The van der Waals surface area contributed by atoms with Crippen molar-refractivity contribution in [2.75, 3.05) is 12.4 Å². The summed E-state index contributed by atoms with van der Waals surface area (Å²) in [5.74, 6) is 0.314. The number of hydrogen-bond acceptors (Lipinski definition) is 5. The standard InChI is InChI=1S/C16H14N2O3S/c1-9-3-5-11(13(19)7-9)15(20)18-16-17-12-6-4-10(21-2)8-14(12)22-16/h3-8,19H,1-2H3,(H,17,18,20). The van der Waals surface area contributed by atoms with Gasteiger partial charge in [-0.25, -0.2) is 4.98 Å². The molecule has 0 aliphatic heterocycles. The molecule has 22 heavy (non-hydrogen) atoms. The van der Waals surface area contributed by atoms with Crippen LogP contribution in [0.2, 0.25) is 0 Å². The highest BCUT2D eigenvalue weighted by Gasteiger charge is 2.14. The van der Waals surface area contributed by atoms with E-state index >= 15 is 0 Å². The van der Waals surface area contributed by atoms with Gasteiger partial charge in [-0.05, 0) is 42.8 Å². The summed E-state index contributed by atoms with van der Waals surface area (Å²) < 4.78 is 6.09. The zero-order valence-electron chi connectivity index (χ0n) is 12.1. The van der Waals surface area contributed by atoms with Crippen LogP contribution in [0.5, 0.6) is 11.5 Å². The van der Waals surface area contributed by atoms with E-state index in [-0.39, 0.29) is 17.2 Å². The second-order valence-corrected chi connectivity index (χ2v) is 5.86. The van der Waals surface area contributed by atoms with E-state index in [0.29, 0.717) is 5.13 Å². The van der Waals surface area contributed by atoms with Gasteiger partial charge in [-0.2, -0.15) is 0 Å². The van der Waals surface area contributed by atoms with Crippen LogP contribution in [0.4, 0.5) is 5.13 Å². The smallest absolute Gasteiger partial charge is 0.261 e. The summed E-state index contributed by atoms with van der Waals surface area (Å²) in [5.41, 5.74) is 1.90. The minimum absolute atomic E-state index is 0.0414. The van der Waals surface area contributed by atoms with Crippen molar-refractivity contribution in [3.05, 3.63) is 47.5 Å². The molecule has 0 radical (unpaired) electrons. The Labute approximate surface area is 131 Å². The lowest BCUT2D eigenvalue weighted by atomic mass is 10.1. The summed E-state index contributed by atoms with van der Waals surface area (Å²) in [6, 6.07) is 10.4. The number of amides is 1. The Morgan fingerprint density at radius 1 is 1.27 bits per heavy atom. The quantitative estimate of drug-likeness (QED) is 0.775. The Balaban J connectivity index is 1.87. The fourth-order valence-electron chi connectivity index (χ4n) is 2.08. The molecule has 3 aromatic rings. The number of benzene rings is 2. The van der Waals surface area contributed by atoms with Crippen LogP contribution in [-0.2, 0) is 0 Å². The van der Waals surface area contributed by atoms with Crippen molar-refractivity contribution in [2.45, 2.75) is 6.92 Å². The average molecular weight is 314 g/mol. The van der Waals surface area contributed by atoms with Crippen LogP contribution >= 0.6 is 11.3 Å². The van der Waals surface area contributed by atoms with Gasteiger partial charge in [0.25, 0.3) is 5.91 Å². The maximum Gasteiger partial charge on any atom is 0.261 e. The Morgan fingerprint density at radius 3 is 2.82 bits per heavy atom. The van der Waals surface area contributed by atoms with Gasteiger partial charge in [-0.1, -0.05) is 17.4 Å². The molecule has 112 valence electrons. The van der Waals surface area contributed by atoms with Crippen molar-refractivity contribution in [3.63, 3.8) is 0 Å². The Bertz CT molecular complexity index is 858. The molecule has 5 nitrogen and oxygen atoms in total. The molecule has 0 spiro atoms. The molecule has 0 fully saturated rings. The number of aromatic hydroxyl groups is 1. The van der Waals surface area contributed by atoms with E-state index in [9.17, 15) is 9.90 Å². The molecule has 0 saturated carbocycles. The average Bonchev–Trinajstić information content (AvgIpc) is 2.87. The highest BCUT2D eigenvalue weighted by molar-refractivity contribution is 7.22. The number of nitrogens with zero attached hydrogens (tertiary/aromatic N) is 1. The number of ether oxygens (including phenoxy) is 1. The van der Waals surface area contributed by atoms with E-state index in [0.717, 1.165) is 21.5 Å². The molecule has 0 aliphatic carbocycles. The third-order valence-corrected chi connectivity index (χ3v) is 4.15. The lowest BCUT2D eigenvalue weighted by molar-refractivity contribution is 0.102. The first kappa shape index (κ1) is 14.3. The first-order valence-corrected chi connectivity index (χ1v) is 7.44. The topological polar surface area (TPSA) is 71.5 Å². The minimum atomic E-state index is -0.386. The normalized spacial score (nSPS) is 10.6. The number of fused-ring (bicyclic) bond motifs is 1. The third kappa shape index (κ3) is 2.73. The zero-order valence-corrected chi connectivity index (χ0v) is 12.9. The molecule has 0 saturated heterocycles. The molecule has 2 aromatic carbocycles. The molecule has 0 atom stereocenters. The van der Waals surface area contributed by atoms with Crippen molar-refractivity contribution >= 4 is 32.6 Å². The van der Waals surface area contributed by atoms with Crippen LogP contribution in [0, 0.1) is 6.92 Å². The predicted octanol–water partition coefficient (Wildman–Crippen LogP) is 3.57. The second kappa shape index (κ2) is 5.65. The predicted molar refractivity (Wildman–Crippen MR) is 87.0 cm³/mol. The fourth-order valence-corrected chi connectivity index (χ4v) is 2.97. The minimum Gasteiger partial charge on any atom is -0.507 e. The van der Waals surface area contributed by atoms with Crippen LogP contribution < -0.4 is 10.1 Å². The van der Waals surface area contributed by atoms with E-state index in [1.165, 1.54) is 11.3 Å². The molecule has 1 amide bonds. The Morgan fingerprint density at radius 2 is 2.09 bits per heavy atom. The molecule has 0 aliphatic rings. The summed E-state index contributed by atoms with van der Waals surface area (Å²) in [6.45, 7) is 1.85. The van der Waals surface area contributed by atoms with Gasteiger partial charge >= 0.3 is 0 Å². The molecular weight excluding hydrogens is 300 g/mol. The molecule has 2 N–H and O–H groups in total. The Kier molecular flexibility index (Phi) is 3.68. The third-order valence-electron chi connectivity index (χ3n) is 3.21. The number of carbonyl (C=O) groups excluding carboxylic acids is 1. The van der Waals surface area contributed by atoms with Crippen LogP contribution in [0.1, 0.15) is 15.9 Å². The second-order valence-electron chi connectivity index (χ2n) is 4.83. The lowest BCUT2D eigenvalue weighted by Crippen LogP contribution is -2.11. The summed E-state index contributed by atoms with van der Waals surface area (Å²) >= 11 is 1.35. The molecular formula is C16H14N2O3S. The molecule has 0 unspecified atom stereocenters. The van der Waals surface area contributed by atoms with E-state index in [4.69, 9.17) is 4.74 Å². The number of carbonyl (C=O) groups is 1. The number of hydrogen-bond donors (Lipinski definition) is 2. The number of aryl methyl sites for hydroxylation is 1. The van der Waals surface area contributed by atoms with Crippen LogP contribution in [0.15, 0.2) is 36.4 Å². The van der Waals surface area contributed by atoms with E-state index in [1.54, 1.807) is 25.3 Å². The maximum absolute atomic E-state index is 12.2. The lowest BCUT2D eigenvalue weighted by Gasteiger charge is -2.04. The van der Waals surface area contributed by atoms with Gasteiger partial charge in [0.1, 0.15) is 11.5 Å². The fraction of sp³-hybridized carbons (Fsp3) is 0.125. The van der Waals surface area contributed by atoms with Crippen molar-refractivity contribution in [1.29, 1.82) is 0 Å².